The number of carbonyl (C=O) groups is 1. The molecular weight excluding hydrogens is 274 g/mol. The van der Waals surface area contributed by atoms with Gasteiger partial charge in [0.2, 0.25) is 0 Å². The SMILES string of the molecule is O=C(OC[C@@H]1CC(Br)=NO1)c1ccccc1. The van der Waals surface area contributed by atoms with Crippen molar-refractivity contribution >= 4 is 26.5 Å². The lowest BCUT2D eigenvalue weighted by Crippen LogP contribution is -2.18. The van der Waals surface area contributed by atoms with Gasteiger partial charge in [-0.05, 0) is 28.1 Å². The van der Waals surface area contributed by atoms with E-state index in [4.69, 9.17) is 9.57 Å². The van der Waals surface area contributed by atoms with Crippen molar-refractivity contribution in [3.8, 4) is 0 Å². The van der Waals surface area contributed by atoms with E-state index in [1.165, 1.54) is 0 Å². The minimum Gasteiger partial charge on any atom is -0.458 e. The van der Waals surface area contributed by atoms with Crippen LogP contribution in [0, 0.1) is 0 Å². The molecule has 0 aliphatic carbocycles. The van der Waals surface area contributed by atoms with Gasteiger partial charge < -0.3 is 9.57 Å². The third-order valence-electron chi connectivity index (χ3n) is 2.11. The minimum atomic E-state index is -0.341. The minimum absolute atomic E-state index is 0.179. The second-order valence-electron chi connectivity index (χ2n) is 3.36. The molecule has 0 aromatic heterocycles. The van der Waals surface area contributed by atoms with Crippen molar-refractivity contribution in [2.75, 3.05) is 6.61 Å². The number of esters is 1. The van der Waals surface area contributed by atoms with Crippen molar-refractivity contribution in [1.82, 2.24) is 0 Å². The summed E-state index contributed by atoms with van der Waals surface area (Å²) < 4.78 is 5.85. The highest BCUT2D eigenvalue weighted by atomic mass is 79.9. The van der Waals surface area contributed by atoms with Crippen LogP contribution in [0.25, 0.3) is 0 Å². The Morgan fingerprint density at radius 2 is 2.25 bits per heavy atom. The maximum absolute atomic E-state index is 11.6. The van der Waals surface area contributed by atoms with Crippen LogP contribution in [0.2, 0.25) is 0 Å². The number of halogens is 1. The van der Waals surface area contributed by atoms with Crippen LogP contribution in [-0.2, 0) is 9.57 Å². The van der Waals surface area contributed by atoms with Gasteiger partial charge in [-0.25, -0.2) is 4.79 Å². The van der Waals surface area contributed by atoms with Gasteiger partial charge in [0.1, 0.15) is 11.2 Å². The van der Waals surface area contributed by atoms with E-state index in [0.717, 1.165) is 4.62 Å². The van der Waals surface area contributed by atoms with E-state index in [0.29, 0.717) is 12.0 Å². The number of benzene rings is 1. The molecule has 16 heavy (non-hydrogen) atoms. The third-order valence-corrected chi connectivity index (χ3v) is 2.58. The van der Waals surface area contributed by atoms with E-state index in [1.54, 1.807) is 24.3 Å². The van der Waals surface area contributed by atoms with Gasteiger partial charge in [0.15, 0.2) is 6.10 Å². The van der Waals surface area contributed by atoms with Gasteiger partial charge >= 0.3 is 5.97 Å². The normalized spacial score (nSPS) is 18.8. The van der Waals surface area contributed by atoms with Crippen molar-refractivity contribution in [1.29, 1.82) is 0 Å². The molecule has 2 rings (SSSR count). The van der Waals surface area contributed by atoms with Crippen LogP contribution >= 0.6 is 15.9 Å². The lowest BCUT2D eigenvalue weighted by atomic mass is 10.2. The van der Waals surface area contributed by atoms with Gasteiger partial charge in [-0.15, -0.1) is 0 Å². The highest BCUT2D eigenvalue weighted by Gasteiger charge is 2.21. The molecule has 0 unspecified atom stereocenters. The zero-order valence-electron chi connectivity index (χ0n) is 8.43. The largest absolute Gasteiger partial charge is 0.458 e. The zero-order chi connectivity index (χ0) is 11.4. The van der Waals surface area contributed by atoms with Crippen LogP contribution in [0.4, 0.5) is 0 Å². The molecule has 1 heterocycles. The van der Waals surface area contributed by atoms with Gasteiger partial charge in [0, 0.05) is 6.42 Å². The molecule has 1 aromatic carbocycles. The maximum Gasteiger partial charge on any atom is 0.338 e. The molecule has 1 aliphatic rings. The topological polar surface area (TPSA) is 47.9 Å². The van der Waals surface area contributed by atoms with E-state index in [9.17, 15) is 4.79 Å². The number of oxime groups is 1. The van der Waals surface area contributed by atoms with Crippen molar-refractivity contribution in [3.05, 3.63) is 35.9 Å². The Morgan fingerprint density at radius 1 is 1.50 bits per heavy atom. The summed E-state index contributed by atoms with van der Waals surface area (Å²) in [5.74, 6) is -0.341. The number of hydrogen-bond acceptors (Lipinski definition) is 4. The summed E-state index contributed by atoms with van der Waals surface area (Å²) >= 11 is 3.22. The van der Waals surface area contributed by atoms with Gasteiger partial charge in [-0.3, -0.25) is 0 Å². The van der Waals surface area contributed by atoms with Crippen LogP contribution in [0.5, 0.6) is 0 Å². The fourth-order valence-electron chi connectivity index (χ4n) is 1.31. The molecule has 0 N–H and O–H groups in total. The lowest BCUT2D eigenvalue weighted by molar-refractivity contribution is 0.00686. The molecule has 0 radical (unpaired) electrons. The highest BCUT2D eigenvalue weighted by Crippen LogP contribution is 2.14. The molecule has 0 fully saturated rings. The average molecular weight is 284 g/mol. The Balaban J connectivity index is 1.81. The molecule has 1 atom stereocenters. The summed E-state index contributed by atoms with van der Waals surface area (Å²) in [6.45, 7) is 0.215. The standard InChI is InChI=1S/C11H10BrNO3/c12-10-6-9(16-13-10)7-15-11(14)8-4-2-1-3-5-8/h1-5,9H,6-7H2/t9-/m0/s1. The van der Waals surface area contributed by atoms with Crippen molar-refractivity contribution in [2.45, 2.75) is 12.5 Å². The first-order valence-corrected chi connectivity index (χ1v) is 5.65. The predicted octanol–water partition coefficient (Wildman–Crippen LogP) is 2.34. The van der Waals surface area contributed by atoms with Gasteiger partial charge in [0.05, 0.1) is 5.56 Å². The fraction of sp³-hybridized carbons (Fsp3) is 0.273. The van der Waals surface area contributed by atoms with Crippen molar-refractivity contribution in [2.24, 2.45) is 5.16 Å². The first-order chi connectivity index (χ1) is 7.75. The molecule has 0 bridgehead atoms. The number of carbonyl (C=O) groups excluding carboxylic acids is 1. The molecule has 0 saturated heterocycles. The number of nitrogens with zero attached hydrogens (tertiary/aromatic N) is 1. The number of hydrogen-bond donors (Lipinski definition) is 0. The van der Waals surface area contributed by atoms with Gasteiger partial charge in [0.25, 0.3) is 0 Å². The lowest BCUT2D eigenvalue weighted by Gasteiger charge is -2.08. The van der Waals surface area contributed by atoms with Crippen LogP contribution in [-0.4, -0.2) is 23.3 Å². The Kier molecular flexibility index (Phi) is 3.56. The number of ether oxygens (including phenoxy) is 1. The van der Waals surface area contributed by atoms with Crippen LogP contribution in [0.15, 0.2) is 35.5 Å². The first kappa shape index (κ1) is 11.1. The summed E-state index contributed by atoms with van der Waals surface area (Å²) in [4.78, 5) is 16.6. The van der Waals surface area contributed by atoms with Crippen molar-refractivity contribution < 1.29 is 14.4 Å². The molecule has 84 valence electrons. The Labute approximate surface area is 101 Å². The highest BCUT2D eigenvalue weighted by molar-refractivity contribution is 9.18. The van der Waals surface area contributed by atoms with E-state index in [1.807, 2.05) is 6.07 Å². The number of rotatable bonds is 3. The molecule has 1 aliphatic heterocycles. The summed E-state index contributed by atoms with van der Waals surface area (Å²) in [5, 5.41) is 3.71. The van der Waals surface area contributed by atoms with E-state index >= 15 is 0 Å². The summed E-state index contributed by atoms with van der Waals surface area (Å²) in [7, 11) is 0. The molecule has 1 aromatic rings. The molecule has 0 spiro atoms. The Morgan fingerprint density at radius 3 is 2.88 bits per heavy atom. The zero-order valence-corrected chi connectivity index (χ0v) is 10.0. The maximum atomic E-state index is 11.6. The first-order valence-electron chi connectivity index (χ1n) is 4.86. The van der Waals surface area contributed by atoms with Gasteiger partial charge in [-0.1, -0.05) is 23.4 Å². The van der Waals surface area contributed by atoms with E-state index in [2.05, 4.69) is 21.1 Å². The van der Waals surface area contributed by atoms with Crippen molar-refractivity contribution in [3.63, 3.8) is 0 Å². The quantitative estimate of drug-likeness (QED) is 0.800. The Bertz CT molecular complexity index is 405. The second kappa shape index (κ2) is 5.12. The summed E-state index contributed by atoms with van der Waals surface area (Å²) in [6, 6.07) is 8.86. The average Bonchev–Trinajstić information content (AvgIpc) is 2.73. The third kappa shape index (κ3) is 2.82. The molecule has 4 nitrogen and oxygen atoms in total. The van der Waals surface area contributed by atoms with Crippen LogP contribution in [0.1, 0.15) is 16.8 Å². The Hall–Kier alpha value is -1.36. The van der Waals surface area contributed by atoms with E-state index < -0.39 is 0 Å². The molecular formula is C11H10BrNO3. The van der Waals surface area contributed by atoms with Crippen LogP contribution < -0.4 is 0 Å². The monoisotopic (exact) mass is 283 g/mol. The summed E-state index contributed by atoms with van der Waals surface area (Å²) in [5.41, 5.74) is 0.542. The van der Waals surface area contributed by atoms with E-state index in [-0.39, 0.29) is 18.7 Å². The molecule has 0 amide bonds. The smallest absolute Gasteiger partial charge is 0.338 e. The molecule has 5 heteroatoms. The fourth-order valence-corrected chi connectivity index (χ4v) is 1.75. The van der Waals surface area contributed by atoms with Gasteiger partial charge in [-0.2, -0.15) is 0 Å². The van der Waals surface area contributed by atoms with Crippen LogP contribution in [0.3, 0.4) is 0 Å². The summed E-state index contributed by atoms with van der Waals surface area (Å²) in [6.07, 6.45) is 0.462. The second-order valence-corrected chi connectivity index (χ2v) is 4.28. The molecule has 0 saturated carbocycles. The predicted molar refractivity (Wildman–Crippen MR) is 62.6 cm³/mol.